The molecule has 5 heteroatoms. The third-order valence-corrected chi connectivity index (χ3v) is 9.31. The molecule has 0 bridgehead atoms. The van der Waals surface area contributed by atoms with E-state index in [-0.39, 0.29) is 23.6 Å². The number of rotatable bonds is 1. The number of hydrogen-bond acceptors (Lipinski definition) is 3. The maximum atomic E-state index is 13.9. The Morgan fingerprint density at radius 1 is 0.732 bits per heavy atom. The molecule has 0 radical (unpaired) electrons. The molecule has 1 amide bonds. The van der Waals surface area contributed by atoms with E-state index in [0.29, 0.717) is 5.75 Å². The lowest BCUT2D eigenvalue weighted by Gasteiger charge is -2.37. The average molecular weight is 542 g/mol. The van der Waals surface area contributed by atoms with Crippen LogP contribution in [0.1, 0.15) is 69.4 Å². The quantitative estimate of drug-likeness (QED) is 0.206. The lowest BCUT2D eigenvalue weighted by atomic mass is 9.36. The van der Waals surface area contributed by atoms with Gasteiger partial charge in [0, 0.05) is 10.8 Å². The number of carbonyl (C=O) groups excluding carboxylic acids is 1. The van der Waals surface area contributed by atoms with Crippen LogP contribution in [0.3, 0.4) is 0 Å². The molecular formula is C36H36BNO3. The third kappa shape index (κ3) is 3.57. The van der Waals surface area contributed by atoms with Crippen LogP contribution in [0.5, 0.6) is 5.75 Å². The Morgan fingerprint density at radius 2 is 1.39 bits per heavy atom. The summed E-state index contributed by atoms with van der Waals surface area (Å²) in [5.74, 6) is 0.676. The third-order valence-electron chi connectivity index (χ3n) is 9.31. The van der Waals surface area contributed by atoms with Gasteiger partial charge in [0.2, 0.25) is 0 Å². The van der Waals surface area contributed by atoms with E-state index >= 15 is 0 Å². The summed E-state index contributed by atoms with van der Waals surface area (Å²) in [7, 11) is 0. The molecular weight excluding hydrogens is 505 g/mol. The molecule has 7 rings (SSSR count). The molecule has 0 atom stereocenters. The van der Waals surface area contributed by atoms with E-state index < -0.39 is 0 Å². The number of anilines is 2. The summed E-state index contributed by atoms with van der Waals surface area (Å²) < 4.78 is 12.8. The summed E-state index contributed by atoms with van der Waals surface area (Å²) in [5.41, 5.74) is 11.4. The van der Waals surface area contributed by atoms with Crippen LogP contribution in [0.2, 0.25) is 0 Å². The number of fused-ring (bicyclic) bond motifs is 4. The van der Waals surface area contributed by atoms with Gasteiger partial charge in [0.25, 0.3) is 6.71 Å². The van der Waals surface area contributed by atoms with Gasteiger partial charge in [0.15, 0.2) is 0 Å². The number of amides is 1. The van der Waals surface area contributed by atoms with Gasteiger partial charge in [0.05, 0.1) is 17.0 Å². The van der Waals surface area contributed by atoms with Crippen molar-refractivity contribution in [2.24, 2.45) is 0 Å². The van der Waals surface area contributed by atoms with Crippen LogP contribution in [-0.4, -0.2) is 12.8 Å². The van der Waals surface area contributed by atoms with Gasteiger partial charge in [-0.2, -0.15) is 0 Å². The molecule has 2 aliphatic heterocycles. The van der Waals surface area contributed by atoms with Crippen LogP contribution in [0, 0.1) is 20.8 Å². The predicted molar refractivity (Wildman–Crippen MR) is 171 cm³/mol. The van der Waals surface area contributed by atoms with Crippen molar-refractivity contribution in [2.75, 3.05) is 4.90 Å². The van der Waals surface area contributed by atoms with Gasteiger partial charge in [-0.05, 0) is 82.4 Å². The second-order valence-electron chi connectivity index (χ2n) is 13.9. The van der Waals surface area contributed by atoms with E-state index in [0.717, 1.165) is 55.4 Å². The van der Waals surface area contributed by atoms with Crippen molar-refractivity contribution in [3.63, 3.8) is 0 Å². The van der Waals surface area contributed by atoms with Gasteiger partial charge in [-0.15, -0.1) is 0 Å². The van der Waals surface area contributed by atoms with E-state index in [1.54, 1.807) is 4.90 Å². The zero-order valence-electron chi connectivity index (χ0n) is 25.4. The highest BCUT2D eigenvalue weighted by molar-refractivity contribution is 6.98. The molecule has 3 heterocycles. The van der Waals surface area contributed by atoms with Crippen molar-refractivity contribution < 1.29 is 13.9 Å². The predicted octanol–water partition coefficient (Wildman–Crippen LogP) is 7.59. The van der Waals surface area contributed by atoms with Crippen molar-refractivity contribution in [3.05, 3.63) is 82.4 Å². The molecule has 0 fully saturated rings. The maximum absolute atomic E-state index is 13.9. The minimum Gasteiger partial charge on any atom is -0.468 e. The Morgan fingerprint density at radius 3 is 2.05 bits per heavy atom. The van der Waals surface area contributed by atoms with Crippen LogP contribution in [-0.2, 0) is 10.8 Å². The summed E-state index contributed by atoms with van der Waals surface area (Å²) in [6, 6.07) is 19.5. The number of carbonyl (C=O) groups is 1. The molecule has 0 saturated carbocycles. The van der Waals surface area contributed by atoms with Gasteiger partial charge in [-0.25, -0.2) is 9.69 Å². The van der Waals surface area contributed by atoms with Crippen LogP contribution in [0.25, 0.3) is 21.7 Å². The summed E-state index contributed by atoms with van der Waals surface area (Å²) >= 11 is 0. The van der Waals surface area contributed by atoms with Gasteiger partial charge >= 0.3 is 6.09 Å². The first-order valence-electron chi connectivity index (χ1n) is 14.5. The summed E-state index contributed by atoms with van der Waals surface area (Å²) in [6.07, 6.45) is -0.386. The number of nitrogens with zero attached hydrogens (tertiary/aromatic N) is 1. The van der Waals surface area contributed by atoms with E-state index in [1.165, 1.54) is 22.2 Å². The fourth-order valence-electron chi connectivity index (χ4n) is 6.65. The summed E-state index contributed by atoms with van der Waals surface area (Å²) in [5, 5.41) is 3.04. The Kier molecular flexibility index (Phi) is 5.24. The molecule has 0 saturated heterocycles. The van der Waals surface area contributed by atoms with Gasteiger partial charge in [-0.3, -0.25) is 0 Å². The molecule has 206 valence electrons. The molecule has 1 aromatic heterocycles. The fraction of sp³-hybridized carbons (Fsp3) is 0.306. The van der Waals surface area contributed by atoms with Crippen LogP contribution in [0.4, 0.5) is 16.2 Å². The molecule has 0 aliphatic carbocycles. The monoisotopic (exact) mass is 541 g/mol. The first kappa shape index (κ1) is 25.9. The summed E-state index contributed by atoms with van der Waals surface area (Å²) in [4.78, 5) is 15.7. The van der Waals surface area contributed by atoms with Crippen molar-refractivity contribution in [1.82, 2.24) is 0 Å². The van der Waals surface area contributed by atoms with Crippen LogP contribution in [0.15, 0.2) is 59.0 Å². The molecule has 0 unspecified atom stereocenters. The Labute approximate surface area is 242 Å². The minimum atomic E-state index is -0.386. The first-order chi connectivity index (χ1) is 19.3. The number of aryl methyl sites for hydroxylation is 1. The molecule has 4 aromatic carbocycles. The highest BCUT2D eigenvalue weighted by atomic mass is 16.6. The zero-order chi connectivity index (χ0) is 29.2. The summed E-state index contributed by atoms with van der Waals surface area (Å²) in [6.45, 7) is 19.7. The van der Waals surface area contributed by atoms with Crippen molar-refractivity contribution in [1.29, 1.82) is 0 Å². The normalized spacial score (nSPS) is 14.6. The van der Waals surface area contributed by atoms with Crippen molar-refractivity contribution >= 4 is 62.5 Å². The van der Waals surface area contributed by atoms with Crippen LogP contribution < -0.4 is 26.2 Å². The zero-order valence-corrected chi connectivity index (χ0v) is 25.4. The smallest absolute Gasteiger partial charge is 0.424 e. The van der Waals surface area contributed by atoms with Gasteiger partial charge in [-0.1, -0.05) is 89.5 Å². The Balaban J connectivity index is 1.65. The standard InChI is InChI=1S/C36H36BNO3/c1-19-20(2)25-14-15-27-31-29(25)32(21(19)3)41-34(39)38(31)30-26-12-10-11-13-28(26)40-33(30)37(27)24-17-22(35(4,5)6)16-23(18-24)36(7,8)9/h10-18H,1-9H3. The van der Waals surface area contributed by atoms with Crippen molar-refractivity contribution in [2.45, 2.75) is 73.1 Å². The fourth-order valence-corrected chi connectivity index (χ4v) is 6.65. The lowest BCUT2D eigenvalue weighted by Crippen LogP contribution is -2.59. The Hall–Kier alpha value is -3.99. The molecule has 2 aliphatic rings. The largest absolute Gasteiger partial charge is 0.468 e. The Bertz CT molecular complexity index is 1920. The minimum absolute atomic E-state index is 0.0339. The highest BCUT2D eigenvalue weighted by Gasteiger charge is 2.46. The molecule has 41 heavy (non-hydrogen) atoms. The van der Waals surface area contributed by atoms with E-state index in [2.05, 4.69) is 92.6 Å². The molecule has 4 nitrogen and oxygen atoms in total. The van der Waals surface area contributed by atoms with Gasteiger partial charge < -0.3 is 9.15 Å². The number of para-hydroxylation sites is 1. The second kappa shape index (κ2) is 8.28. The second-order valence-corrected chi connectivity index (χ2v) is 13.9. The first-order valence-corrected chi connectivity index (χ1v) is 14.5. The molecule has 0 N–H and O–H groups in total. The topological polar surface area (TPSA) is 42.7 Å². The highest BCUT2D eigenvalue weighted by Crippen LogP contribution is 2.48. The maximum Gasteiger partial charge on any atom is 0.424 e. The number of furan rings is 1. The lowest BCUT2D eigenvalue weighted by molar-refractivity contribution is 0.209. The molecule has 5 aromatic rings. The SMILES string of the molecule is Cc1c(C)c2c3c4c(ccc3c1C)B(c1cc(C(C)(C)C)cc(C(C)(C)C)c1)c1oc3ccccc3c1N4C(=O)O2. The van der Waals surface area contributed by atoms with Crippen molar-refractivity contribution in [3.8, 4) is 5.75 Å². The van der Waals surface area contributed by atoms with E-state index in [4.69, 9.17) is 9.15 Å². The number of hydrogen-bond donors (Lipinski definition) is 0. The van der Waals surface area contributed by atoms with Gasteiger partial charge in [0.1, 0.15) is 11.3 Å². The molecule has 0 spiro atoms. The van der Waals surface area contributed by atoms with E-state index in [1.807, 2.05) is 24.3 Å². The average Bonchev–Trinajstić information content (AvgIpc) is 3.30. The number of ether oxygens (including phenoxy) is 1. The number of benzene rings is 4. The van der Waals surface area contributed by atoms with Crippen LogP contribution >= 0.6 is 0 Å². The van der Waals surface area contributed by atoms with E-state index in [9.17, 15) is 4.79 Å².